The van der Waals surface area contributed by atoms with Gasteiger partial charge in [0.15, 0.2) is 0 Å². The third kappa shape index (κ3) is 6.60. The summed E-state index contributed by atoms with van der Waals surface area (Å²) in [7, 11) is 0. The first-order chi connectivity index (χ1) is 16.6. The fraction of sp³-hybridized carbons (Fsp3) is 0.500. The number of likely N-dealkylation sites (tertiary alicyclic amines) is 1. The molecule has 0 amide bonds. The standard InChI is InChI=1S/C28H35NO5/c30-27(31)24-12-8-13-25(24)28(32)34-23(19-29-17-6-7-18-29)20-33-26-14-5-4-11-22(26)16-15-21-9-2-1-3-10-21/h1-5,9-11,14,23-25H,6-8,12-13,15-20H2,(H,30,31). The average molecular weight is 466 g/mol. The first kappa shape index (κ1) is 24.3. The normalized spacial score (nSPS) is 21.3. The topological polar surface area (TPSA) is 76.1 Å². The second-order valence-corrected chi connectivity index (χ2v) is 9.45. The molecule has 2 aromatic carbocycles. The fourth-order valence-electron chi connectivity index (χ4n) is 5.12. The number of hydrogen-bond donors (Lipinski definition) is 1. The highest BCUT2D eigenvalue weighted by Gasteiger charge is 2.40. The SMILES string of the molecule is O=C(O)C1CCCC1C(=O)OC(COc1ccccc1CCc1ccccc1)CN1CCCC1. The predicted molar refractivity (Wildman–Crippen MR) is 130 cm³/mol. The molecule has 182 valence electrons. The van der Waals surface area contributed by atoms with E-state index in [1.54, 1.807) is 0 Å². The number of nitrogens with zero attached hydrogens (tertiary/aromatic N) is 1. The van der Waals surface area contributed by atoms with Crippen molar-refractivity contribution in [3.05, 3.63) is 65.7 Å². The molecule has 0 spiro atoms. The molecule has 3 atom stereocenters. The van der Waals surface area contributed by atoms with Gasteiger partial charge in [-0.2, -0.15) is 0 Å². The summed E-state index contributed by atoms with van der Waals surface area (Å²) >= 11 is 0. The van der Waals surface area contributed by atoms with Crippen molar-refractivity contribution in [2.75, 3.05) is 26.2 Å². The molecule has 2 aromatic rings. The molecule has 0 radical (unpaired) electrons. The van der Waals surface area contributed by atoms with Crippen molar-refractivity contribution in [2.45, 2.75) is 51.0 Å². The highest BCUT2D eigenvalue weighted by molar-refractivity contribution is 5.81. The number of esters is 1. The molecular formula is C28H35NO5. The molecule has 0 bridgehead atoms. The van der Waals surface area contributed by atoms with E-state index in [1.807, 2.05) is 36.4 Å². The minimum Gasteiger partial charge on any atom is -0.489 e. The third-order valence-corrected chi connectivity index (χ3v) is 7.00. The summed E-state index contributed by atoms with van der Waals surface area (Å²) in [5.41, 5.74) is 2.40. The van der Waals surface area contributed by atoms with E-state index in [0.717, 1.165) is 56.5 Å². The van der Waals surface area contributed by atoms with Crippen LogP contribution in [0.2, 0.25) is 0 Å². The van der Waals surface area contributed by atoms with Gasteiger partial charge in [0.1, 0.15) is 18.5 Å². The number of aliphatic carboxylic acids is 1. The molecule has 34 heavy (non-hydrogen) atoms. The maximum Gasteiger partial charge on any atom is 0.310 e. The molecular weight excluding hydrogens is 430 g/mol. The van der Waals surface area contributed by atoms with E-state index in [4.69, 9.17) is 9.47 Å². The lowest BCUT2D eigenvalue weighted by molar-refractivity contribution is -0.162. The van der Waals surface area contributed by atoms with Crippen molar-refractivity contribution in [2.24, 2.45) is 11.8 Å². The number of rotatable bonds is 11. The van der Waals surface area contributed by atoms with Crippen molar-refractivity contribution in [3.8, 4) is 5.75 Å². The summed E-state index contributed by atoms with van der Waals surface area (Å²) in [5.74, 6) is -1.68. The molecule has 1 N–H and O–H groups in total. The Labute approximate surface area is 201 Å². The van der Waals surface area contributed by atoms with Gasteiger partial charge in [-0.05, 0) is 68.8 Å². The molecule has 2 aliphatic rings. The van der Waals surface area contributed by atoms with E-state index < -0.39 is 29.9 Å². The zero-order valence-corrected chi connectivity index (χ0v) is 19.7. The van der Waals surface area contributed by atoms with Crippen molar-refractivity contribution in [1.82, 2.24) is 4.90 Å². The van der Waals surface area contributed by atoms with Gasteiger partial charge in [0.2, 0.25) is 0 Å². The van der Waals surface area contributed by atoms with E-state index >= 15 is 0 Å². The lowest BCUT2D eigenvalue weighted by Crippen LogP contribution is -2.39. The van der Waals surface area contributed by atoms with Crippen LogP contribution in [0.15, 0.2) is 54.6 Å². The van der Waals surface area contributed by atoms with Crippen molar-refractivity contribution >= 4 is 11.9 Å². The van der Waals surface area contributed by atoms with Gasteiger partial charge in [-0.25, -0.2) is 0 Å². The lowest BCUT2D eigenvalue weighted by atomic mass is 9.96. The Morgan fingerprint density at radius 1 is 0.912 bits per heavy atom. The van der Waals surface area contributed by atoms with Crippen molar-refractivity contribution in [3.63, 3.8) is 0 Å². The van der Waals surface area contributed by atoms with Crippen LogP contribution >= 0.6 is 0 Å². The van der Waals surface area contributed by atoms with E-state index in [9.17, 15) is 14.7 Å². The van der Waals surface area contributed by atoms with E-state index in [2.05, 4.69) is 23.1 Å². The van der Waals surface area contributed by atoms with Crippen LogP contribution < -0.4 is 4.74 Å². The number of aryl methyl sites for hydroxylation is 2. The Balaban J connectivity index is 1.39. The largest absolute Gasteiger partial charge is 0.489 e. The molecule has 1 aliphatic carbocycles. The first-order valence-electron chi connectivity index (χ1n) is 12.5. The summed E-state index contributed by atoms with van der Waals surface area (Å²) in [6.45, 7) is 2.85. The van der Waals surface area contributed by atoms with Crippen molar-refractivity contribution in [1.29, 1.82) is 0 Å². The summed E-state index contributed by atoms with van der Waals surface area (Å²) < 4.78 is 12.1. The quantitative estimate of drug-likeness (QED) is 0.497. The number of carboxylic acids is 1. The smallest absolute Gasteiger partial charge is 0.310 e. The molecule has 1 saturated carbocycles. The van der Waals surface area contributed by atoms with Crippen LogP contribution in [0.3, 0.4) is 0 Å². The summed E-state index contributed by atoms with van der Waals surface area (Å²) in [4.78, 5) is 26.8. The van der Waals surface area contributed by atoms with Crippen LogP contribution in [0.1, 0.15) is 43.2 Å². The second kappa shape index (κ2) is 12.0. The van der Waals surface area contributed by atoms with Crippen LogP contribution in [0.5, 0.6) is 5.75 Å². The Morgan fingerprint density at radius 3 is 2.38 bits per heavy atom. The number of benzene rings is 2. The number of carbonyl (C=O) groups excluding carboxylic acids is 1. The van der Waals surface area contributed by atoms with Gasteiger partial charge in [-0.3, -0.25) is 14.5 Å². The molecule has 2 fully saturated rings. The van der Waals surface area contributed by atoms with Crippen LogP contribution in [0.4, 0.5) is 0 Å². The number of ether oxygens (including phenoxy) is 2. The van der Waals surface area contributed by atoms with Gasteiger partial charge in [-0.15, -0.1) is 0 Å². The van der Waals surface area contributed by atoms with E-state index in [0.29, 0.717) is 19.4 Å². The van der Waals surface area contributed by atoms with Crippen molar-refractivity contribution < 1.29 is 24.2 Å². The highest BCUT2D eigenvalue weighted by atomic mass is 16.6. The summed E-state index contributed by atoms with van der Waals surface area (Å²) in [6.07, 6.45) is 5.51. The molecule has 6 nitrogen and oxygen atoms in total. The van der Waals surface area contributed by atoms with Gasteiger partial charge in [0.25, 0.3) is 0 Å². The Kier molecular flexibility index (Phi) is 8.58. The molecule has 1 aliphatic heterocycles. The Hall–Kier alpha value is -2.86. The number of hydrogen-bond acceptors (Lipinski definition) is 5. The maximum atomic E-state index is 12.9. The molecule has 1 heterocycles. The number of carbonyl (C=O) groups is 2. The zero-order chi connectivity index (χ0) is 23.8. The third-order valence-electron chi connectivity index (χ3n) is 7.00. The average Bonchev–Trinajstić information content (AvgIpc) is 3.55. The van der Waals surface area contributed by atoms with E-state index in [1.165, 1.54) is 5.56 Å². The van der Waals surface area contributed by atoms with Gasteiger partial charge < -0.3 is 14.6 Å². The minimum absolute atomic E-state index is 0.259. The van der Waals surface area contributed by atoms with E-state index in [-0.39, 0.29) is 6.61 Å². The highest BCUT2D eigenvalue weighted by Crippen LogP contribution is 2.33. The summed E-state index contributed by atoms with van der Waals surface area (Å²) in [5, 5.41) is 9.47. The lowest BCUT2D eigenvalue weighted by Gasteiger charge is -2.26. The van der Waals surface area contributed by atoms with Crippen LogP contribution in [0, 0.1) is 11.8 Å². The summed E-state index contributed by atoms with van der Waals surface area (Å²) in [6, 6.07) is 18.4. The predicted octanol–water partition coefficient (Wildman–Crippen LogP) is 4.36. The fourth-order valence-corrected chi connectivity index (χ4v) is 5.12. The number of carboxylic acid groups (broad SMARTS) is 1. The second-order valence-electron chi connectivity index (χ2n) is 9.45. The van der Waals surface area contributed by atoms with Gasteiger partial charge in [0, 0.05) is 6.54 Å². The van der Waals surface area contributed by atoms with Crippen LogP contribution in [-0.4, -0.2) is 54.3 Å². The molecule has 0 aromatic heterocycles. The minimum atomic E-state index is -0.904. The Morgan fingerprint density at radius 2 is 1.62 bits per heavy atom. The molecule has 4 rings (SSSR count). The molecule has 3 unspecified atom stereocenters. The Bertz CT molecular complexity index is 941. The van der Waals surface area contributed by atoms with Gasteiger partial charge in [-0.1, -0.05) is 55.0 Å². The van der Waals surface area contributed by atoms with Crippen LogP contribution in [-0.2, 0) is 27.2 Å². The monoisotopic (exact) mass is 465 g/mol. The molecule has 6 heteroatoms. The van der Waals surface area contributed by atoms with Crippen LogP contribution in [0.25, 0.3) is 0 Å². The number of para-hydroxylation sites is 1. The molecule has 1 saturated heterocycles. The van der Waals surface area contributed by atoms with Gasteiger partial charge in [0.05, 0.1) is 11.8 Å². The zero-order valence-electron chi connectivity index (χ0n) is 19.7. The first-order valence-corrected chi connectivity index (χ1v) is 12.5. The maximum absolute atomic E-state index is 12.9. The van der Waals surface area contributed by atoms with Gasteiger partial charge >= 0.3 is 11.9 Å².